The van der Waals surface area contributed by atoms with Gasteiger partial charge in [-0.25, -0.2) is 0 Å². The molecule has 88 valence electrons. The SMILES string of the molecule is CCCC1CC1NCCC1COCCN1. The van der Waals surface area contributed by atoms with E-state index >= 15 is 0 Å². The summed E-state index contributed by atoms with van der Waals surface area (Å²) < 4.78 is 5.42. The Hall–Kier alpha value is -0.120. The monoisotopic (exact) mass is 212 g/mol. The van der Waals surface area contributed by atoms with Crippen molar-refractivity contribution in [1.82, 2.24) is 10.6 Å². The molecular formula is C12H24N2O. The second-order valence-electron chi connectivity index (χ2n) is 4.86. The van der Waals surface area contributed by atoms with E-state index in [0.29, 0.717) is 6.04 Å². The summed E-state index contributed by atoms with van der Waals surface area (Å²) in [5.74, 6) is 0.977. The first-order valence-corrected chi connectivity index (χ1v) is 6.44. The van der Waals surface area contributed by atoms with Crippen LogP contribution in [-0.2, 0) is 4.74 Å². The zero-order chi connectivity index (χ0) is 10.5. The van der Waals surface area contributed by atoms with Gasteiger partial charge in [-0.15, -0.1) is 0 Å². The van der Waals surface area contributed by atoms with E-state index in [2.05, 4.69) is 17.6 Å². The molecule has 1 aliphatic heterocycles. The van der Waals surface area contributed by atoms with E-state index in [4.69, 9.17) is 4.74 Å². The number of ether oxygens (including phenoxy) is 1. The summed E-state index contributed by atoms with van der Waals surface area (Å²) >= 11 is 0. The Balaban J connectivity index is 1.48. The highest BCUT2D eigenvalue weighted by Gasteiger charge is 2.35. The quantitative estimate of drug-likeness (QED) is 0.693. The molecule has 3 unspecified atom stereocenters. The van der Waals surface area contributed by atoms with E-state index in [1.54, 1.807) is 0 Å². The van der Waals surface area contributed by atoms with Crippen molar-refractivity contribution in [2.45, 2.75) is 44.7 Å². The second-order valence-corrected chi connectivity index (χ2v) is 4.86. The van der Waals surface area contributed by atoms with Crippen molar-refractivity contribution in [2.24, 2.45) is 5.92 Å². The molecule has 2 fully saturated rings. The van der Waals surface area contributed by atoms with Crippen LogP contribution in [0, 0.1) is 5.92 Å². The minimum atomic E-state index is 0.578. The van der Waals surface area contributed by atoms with Crippen molar-refractivity contribution < 1.29 is 4.74 Å². The average Bonchev–Trinajstić information content (AvgIpc) is 2.99. The Morgan fingerprint density at radius 2 is 2.33 bits per heavy atom. The molecular weight excluding hydrogens is 188 g/mol. The molecule has 1 heterocycles. The fourth-order valence-corrected chi connectivity index (χ4v) is 2.44. The lowest BCUT2D eigenvalue weighted by molar-refractivity contribution is 0.0742. The van der Waals surface area contributed by atoms with Crippen molar-refractivity contribution >= 4 is 0 Å². The van der Waals surface area contributed by atoms with Crippen LogP contribution in [0.25, 0.3) is 0 Å². The molecule has 3 nitrogen and oxygen atoms in total. The second kappa shape index (κ2) is 5.83. The lowest BCUT2D eigenvalue weighted by Crippen LogP contribution is -2.42. The molecule has 0 aromatic carbocycles. The van der Waals surface area contributed by atoms with Crippen LogP contribution in [0.1, 0.15) is 32.6 Å². The van der Waals surface area contributed by atoms with Crippen molar-refractivity contribution in [3.63, 3.8) is 0 Å². The number of morpholine rings is 1. The molecule has 1 saturated carbocycles. The van der Waals surface area contributed by atoms with Gasteiger partial charge in [-0.3, -0.25) is 0 Å². The summed E-state index contributed by atoms with van der Waals surface area (Å²) in [6.45, 7) is 6.22. The first-order chi connectivity index (χ1) is 7.40. The molecule has 0 aromatic heterocycles. The van der Waals surface area contributed by atoms with Crippen LogP contribution >= 0.6 is 0 Å². The molecule has 3 atom stereocenters. The molecule has 0 radical (unpaired) electrons. The van der Waals surface area contributed by atoms with E-state index in [9.17, 15) is 0 Å². The molecule has 15 heavy (non-hydrogen) atoms. The number of rotatable bonds is 6. The van der Waals surface area contributed by atoms with Gasteiger partial charge in [0.2, 0.25) is 0 Å². The maximum Gasteiger partial charge on any atom is 0.0620 e. The van der Waals surface area contributed by atoms with E-state index < -0.39 is 0 Å². The van der Waals surface area contributed by atoms with Gasteiger partial charge in [0.25, 0.3) is 0 Å². The Morgan fingerprint density at radius 1 is 1.40 bits per heavy atom. The number of hydrogen-bond donors (Lipinski definition) is 2. The van der Waals surface area contributed by atoms with E-state index in [-0.39, 0.29) is 0 Å². The van der Waals surface area contributed by atoms with Gasteiger partial charge in [0, 0.05) is 18.6 Å². The van der Waals surface area contributed by atoms with E-state index in [1.165, 1.54) is 25.7 Å². The summed E-state index contributed by atoms with van der Waals surface area (Å²) in [5.41, 5.74) is 0. The van der Waals surface area contributed by atoms with Crippen LogP contribution < -0.4 is 10.6 Å². The maximum atomic E-state index is 5.42. The average molecular weight is 212 g/mol. The third-order valence-corrected chi connectivity index (χ3v) is 3.48. The summed E-state index contributed by atoms with van der Waals surface area (Å²) in [6, 6.07) is 1.41. The number of nitrogens with one attached hydrogen (secondary N) is 2. The molecule has 1 aliphatic carbocycles. The van der Waals surface area contributed by atoms with E-state index in [1.807, 2.05) is 0 Å². The van der Waals surface area contributed by atoms with Crippen LogP contribution in [-0.4, -0.2) is 38.4 Å². The highest BCUT2D eigenvalue weighted by atomic mass is 16.5. The minimum absolute atomic E-state index is 0.578. The minimum Gasteiger partial charge on any atom is -0.379 e. The van der Waals surface area contributed by atoms with Crippen LogP contribution in [0.5, 0.6) is 0 Å². The molecule has 0 bridgehead atoms. The van der Waals surface area contributed by atoms with Gasteiger partial charge in [-0.2, -0.15) is 0 Å². The lowest BCUT2D eigenvalue weighted by Gasteiger charge is -2.23. The first-order valence-electron chi connectivity index (χ1n) is 6.44. The smallest absolute Gasteiger partial charge is 0.0620 e. The predicted octanol–water partition coefficient (Wildman–Crippen LogP) is 1.14. The van der Waals surface area contributed by atoms with Gasteiger partial charge in [0.05, 0.1) is 13.2 Å². The zero-order valence-electron chi connectivity index (χ0n) is 9.80. The van der Waals surface area contributed by atoms with Crippen molar-refractivity contribution in [3.8, 4) is 0 Å². The largest absolute Gasteiger partial charge is 0.379 e. The molecule has 0 spiro atoms. The third-order valence-electron chi connectivity index (χ3n) is 3.48. The lowest BCUT2D eigenvalue weighted by atomic mass is 10.2. The third kappa shape index (κ3) is 3.74. The molecule has 1 saturated heterocycles. The van der Waals surface area contributed by atoms with Gasteiger partial charge in [-0.1, -0.05) is 13.3 Å². The predicted molar refractivity (Wildman–Crippen MR) is 62.0 cm³/mol. The van der Waals surface area contributed by atoms with Crippen LogP contribution in [0.4, 0.5) is 0 Å². The Bertz CT molecular complexity index is 180. The summed E-state index contributed by atoms with van der Waals surface area (Å²) in [6.07, 6.45) is 5.35. The Labute approximate surface area is 93.0 Å². The van der Waals surface area contributed by atoms with Gasteiger partial charge < -0.3 is 15.4 Å². The van der Waals surface area contributed by atoms with Gasteiger partial charge in [0.15, 0.2) is 0 Å². The van der Waals surface area contributed by atoms with Gasteiger partial charge in [0.1, 0.15) is 0 Å². The summed E-state index contributed by atoms with van der Waals surface area (Å²) in [7, 11) is 0. The van der Waals surface area contributed by atoms with Crippen LogP contribution in [0.2, 0.25) is 0 Å². The Kier molecular flexibility index (Phi) is 4.42. The van der Waals surface area contributed by atoms with Crippen molar-refractivity contribution in [3.05, 3.63) is 0 Å². The molecule has 0 aromatic rings. The first kappa shape index (κ1) is 11.4. The van der Waals surface area contributed by atoms with E-state index in [0.717, 1.165) is 38.3 Å². The fourth-order valence-electron chi connectivity index (χ4n) is 2.44. The highest BCUT2D eigenvalue weighted by Crippen LogP contribution is 2.34. The molecule has 0 amide bonds. The standard InChI is InChI=1S/C12H24N2O/c1-2-3-10-8-12(10)14-5-4-11-9-15-7-6-13-11/h10-14H,2-9H2,1H3. The fraction of sp³-hybridized carbons (Fsp3) is 1.00. The van der Waals surface area contributed by atoms with Crippen LogP contribution in [0.3, 0.4) is 0 Å². The van der Waals surface area contributed by atoms with Crippen LogP contribution in [0.15, 0.2) is 0 Å². The molecule has 2 rings (SSSR count). The highest BCUT2D eigenvalue weighted by molar-refractivity contribution is 4.92. The van der Waals surface area contributed by atoms with Gasteiger partial charge >= 0.3 is 0 Å². The zero-order valence-corrected chi connectivity index (χ0v) is 9.80. The molecule has 2 aliphatic rings. The molecule has 2 N–H and O–H groups in total. The maximum absolute atomic E-state index is 5.42. The molecule has 3 heteroatoms. The Morgan fingerprint density at radius 3 is 3.07 bits per heavy atom. The number of hydrogen-bond acceptors (Lipinski definition) is 3. The topological polar surface area (TPSA) is 33.3 Å². The summed E-state index contributed by atoms with van der Waals surface area (Å²) in [4.78, 5) is 0. The van der Waals surface area contributed by atoms with Gasteiger partial charge in [-0.05, 0) is 31.7 Å². The van der Waals surface area contributed by atoms with Crippen molar-refractivity contribution in [1.29, 1.82) is 0 Å². The normalized spacial score (nSPS) is 35.4. The van der Waals surface area contributed by atoms with Crippen molar-refractivity contribution in [2.75, 3.05) is 26.3 Å². The summed E-state index contributed by atoms with van der Waals surface area (Å²) in [5, 5.41) is 7.13.